The third kappa shape index (κ3) is 1.63. The monoisotopic (exact) mass is 258 g/mol. The van der Waals surface area contributed by atoms with Gasteiger partial charge in [-0.25, -0.2) is 4.39 Å². The second-order valence-electron chi connectivity index (χ2n) is 5.67. The summed E-state index contributed by atoms with van der Waals surface area (Å²) in [5, 5.41) is 4.23. The van der Waals surface area contributed by atoms with Crippen molar-refractivity contribution in [1.29, 1.82) is 0 Å². The number of ketones is 1. The van der Waals surface area contributed by atoms with E-state index in [1.807, 2.05) is 0 Å². The zero-order valence-corrected chi connectivity index (χ0v) is 10.4. The number of hydrogen-bond acceptors (Lipinski definition) is 2. The van der Waals surface area contributed by atoms with Crippen LogP contribution in [-0.4, -0.2) is 22.9 Å². The molecule has 3 atom stereocenters. The Bertz CT molecular complexity index is 663. The second kappa shape index (κ2) is 3.90. The number of nitrogens with one attached hydrogen (secondary N) is 2. The molecule has 1 aromatic carbocycles. The molecule has 1 aliphatic carbocycles. The Morgan fingerprint density at radius 2 is 2.21 bits per heavy atom. The van der Waals surface area contributed by atoms with Gasteiger partial charge in [0.15, 0.2) is 5.78 Å². The number of carbonyl (C=O) groups excluding carboxylic acids is 1. The number of aromatic amines is 1. The van der Waals surface area contributed by atoms with E-state index in [4.69, 9.17) is 0 Å². The predicted octanol–water partition coefficient (Wildman–Crippen LogP) is 2.63. The lowest BCUT2D eigenvalue weighted by Crippen LogP contribution is -2.41. The van der Waals surface area contributed by atoms with E-state index >= 15 is 0 Å². The Hall–Kier alpha value is -1.68. The van der Waals surface area contributed by atoms with Gasteiger partial charge in [-0.2, -0.15) is 0 Å². The van der Waals surface area contributed by atoms with E-state index in [-0.39, 0.29) is 17.6 Å². The van der Waals surface area contributed by atoms with Crippen molar-refractivity contribution in [1.82, 2.24) is 10.3 Å². The van der Waals surface area contributed by atoms with Crippen LogP contribution in [0.25, 0.3) is 10.9 Å². The molecule has 0 radical (unpaired) electrons. The van der Waals surface area contributed by atoms with Crippen molar-refractivity contribution in [3.8, 4) is 0 Å². The van der Waals surface area contributed by atoms with Crippen molar-refractivity contribution < 1.29 is 9.18 Å². The van der Waals surface area contributed by atoms with E-state index in [9.17, 15) is 9.18 Å². The van der Waals surface area contributed by atoms with Crippen LogP contribution in [-0.2, 0) is 0 Å². The van der Waals surface area contributed by atoms with Crippen molar-refractivity contribution in [3.05, 3.63) is 35.8 Å². The van der Waals surface area contributed by atoms with Gasteiger partial charge in [-0.1, -0.05) is 0 Å². The molecule has 1 saturated heterocycles. The van der Waals surface area contributed by atoms with Crippen molar-refractivity contribution in [3.63, 3.8) is 0 Å². The number of piperidine rings is 1. The van der Waals surface area contributed by atoms with Crippen LogP contribution < -0.4 is 5.32 Å². The van der Waals surface area contributed by atoms with Gasteiger partial charge in [0.25, 0.3) is 0 Å². The average Bonchev–Trinajstić information content (AvgIpc) is 3.11. The molecule has 19 heavy (non-hydrogen) atoms. The summed E-state index contributed by atoms with van der Waals surface area (Å²) in [7, 11) is 0. The highest BCUT2D eigenvalue weighted by atomic mass is 19.1. The van der Waals surface area contributed by atoms with Crippen LogP contribution in [0.4, 0.5) is 4.39 Å². The molecule has 0 spiro atoms. The van der Waals surface area contributed by atoms with Crippen molar-refractivity contribution in [2.45, 2.75) is 31.3 Å². The summed E-state index contributed by atoms with van der Waals surface area (Å²) in [6.45, 7) is 0. The van der Waals surface area contributed by atoms with Crippen LogP contribution in [0.1, 0.15) is 29.6 Å². The fourth-order valence-electron chi connectivity index (χ4n) is 3.62. The number of benzene rings is 1. The van der Waals surface area contributed by atoms with E-state index in [2.05, 4.69) is 10.3 Å². The van der Waals surface area contributed by atoms with E-state index in [0.29, 0.717) is 23.0 Å². The van der Waals surface area contributed by atoms with Gasteiger partial charge in [-0.3, -0.25) is 4.79 Å². The molecule has 2 aromatic rings. The Kier molecular flexibility index (Phi) is 2.30. The van der Waals surface area contributed by atoms with Crippen LogP contribution >= 0.6 is 0 Å². The number of H-pyrrole nitrogens is 1. The SMILES string of the molecule is O=C(c1c[nH]c2cc(F)ccc12)[C@H]1N[C@@H]2CC[C@H]1C2. The number of aromatic nitrogens is 1. The van der Waals surface area contributed by atoms with Gasteiger partial charge in [-0.05, 0) is 43.4 Å². The molecule has 1 aliphatic heterocycles. The van der Waals surface area contributed by atoms with Crippen molar-refractivity contribution in [2.75, 3.05) is 0 Å². The Morgan fingerprint density at radius 3 is 2.95 bits per heavy atom. The molecule has 2 aliphatic rings. The van der Waals surface area contributed by atoms with Gasteiger partial charge >= 0.3 is 0 Å². The summed E-state index contributed by atoms with van der Waals surface area (Å²) in [4.78, 5) is 15.6. The van der Waals surface area contributed by atoms with Gasteiger partial charge in [0.1, 0.15) is 5.82 Å². The van der Waals surface area contributed by atoms with Gasteiger partial charge in [-0.15, -0.1) is 0 Å². The quantitative estimate of drug-likeness (QED) is 0.813. The van der Waals surface area contributed by atoms with Crippen molar-refractivity contribution >= 4 is 16.7 Å². The fraction of sp³-hybridized carbons (Fsp3) is 0.400. The van der Waals surface area contributed by atoms with Gasteiger partial charge in [0, 0.05) is 28.7 Å². The van der Waals surface area contributed by atoms with Gasteiger partial charge < -0.3 is 10.3 Å². The third-order valence-electron chi connectivity index (χ3n) is 4.55. The van der Waals surface area contributed by atoms with Crippen LogP contribution in [0.15, 0.2) is 24.4 Å². The minimum atomic E-state index is -0.286. The number of halogens is 1. The minimum Gasteiger partial charge on any atom is -0.360 e. The Morgan fingerprint density at radius 1 is 1.32 bits per heavy atom. The first-order valence-electron chi connectivity index (χ1n) is 6.79. The lowest BCUT2D eigenvalue weighted by molar-refractivity contribution is 0.0919. The van der Waals surface area contributed by atoms with Crippen LogP contribution in [0.5, 0.6) is 0 Å². The largest absolute Gasteiger partial charge is 0.360 e. The van der Waals surface area contributed by atoms with Crippen LogP contribution in [0.2, 0.25) is 0 Å². The molecule has 4 rings (SSSR count). The minimum absolute atomic E-state index is 0.0530. The first-order valence-corrected chi connectivity index (χ1v) is 6.79. The fourth-order valence-corrected chi connectivity index (χ4v) is 3.62. The van der Waals surface area contributed by atoms with Crippen LogP contribution in [0, 0.1) is 11.7 Å². The normalized spacial score (nSPS) is 29.2. The summed E-state index contributed by atoms with van der Waals surface area (Å²) < 4.78 is 13.2. The first-order chi connectivity index (χ1) is 9.22. The zero-order chi connectivity index (χ0) is 13.0. The average molecular weight is 258 g/mol. The first kappa shape index (κ1) is 11.2. The highest BCUT2D eigenvalue weighted by Gasteiger charge is 2.43. The molecule has 1 saturated carbocycles. The number of carbonyl (C=O) groups is 1. The summed E-state index contributed by atoms with van der Waals surface area (Å²) in [6.07, 6.45) is 5.16. The molecule has 3 nitrogen and oxygen atoms in total. The molecule has 1 aromatic heterocycles. The molecule has 4 heteroatoms. The lowest BCUT2D eigenvalue weighted by atomic mass is 9.92. The standard InChI is InChI=1S/C15H15FN2O/c16-9-2-4-11-12(7-17-13(11)6-9)15(19)14-8-1-3-10(5-8)18-14/h2,4,6-8,10,14,17-18H,1,3,5H2/t8-,10+,14-/m0/s1. The van der Waals surface area contributed by atoms with E-state index < -0.39 is 0 Å². The molecule has 98 valence electrons. The van der Waals surface area contributed by atoms with Gasteiger partial charge in [0.2, 0.25) is 0 Å². The summed E-state index contributed by atoms with van der Waals surface area (Å²) in [6, 6.07) is 4.98. The predicted molar refractivity (Wildman–Crippen MR) is 70.6 cm³/mol. The molecule has 0 amide bonds. The van der Waals surface area contributed by atoms with Gasteiger partial charge in [0.05, 0.1) is 6.04 Å². The maximum atomic E-state index is 13.2. The molecule has 2 bridgehead atoms. The van der Waals surface area contributed by atoms with Crippen LogP contribution in [0.3, 0.4) is 0 Å². The number of hydrogen-bond donors (Lipinski definition) is 2. The Balaban J connectivity index is 1.72. The molecule has 0 unspecified atom stereocenters. The lowest BCUT2D eigenvalue weighted by Gasteiger charge is -2.21. The summed E-state index contributed by atoms with van der Waals surface area (Å²) >= 11 is 0. The molecule has 2 fully saturated rings. The number of Topliss-reactive ketones (excluding diaryl/α,β-unsaturated/α-hetero) is 1. The molecular formula is C15H15FN2O. The highest BCUT2D eigenvalue weighted by molar-refractivity contribution is 6.10. The second-order valence-corrected chi connectivity index (χ2v) is 5.67. The van der Waals surface area contributed by atoms with E-state index in [0.717, 1.165) is 18.2 Å². The highest BCUT2D eigenvalue weighted by Crippen LogP contribution is 2.37. The van der Waals surface area contributed by atoms with E-state index in [1.54, 1.807) is 12.3 Å². The number of fused-ring (bicyclic) bond motifs is 3. The maximum absolute atomic E-state index is 13.2. The third-order valence-corrected chi connectivity index (χ3v) is 4.55. The maximum Gasteiger partial charge on any atom is 0.182 e. The summed E-state index contributed by atoms with van der Waals surface area (Å²) in [5.74, 6) is 0.333. The smallest absolute Gasteiger partial charge is 0.182 e. The van der Waals surface area contributed by atoms with E-state index in [1.165, 1.54) is 18.6 Å². The zero-order valence-electron chi connectivity index (χ0n) is 10.4. The molecular weight excluding hydrogens is 243 g/mol. The summed E-state index contributed by atoms with van der Waals surface area (Å²) in [5.41, 5.74) is 1.37. The number of rotatable bonds is 2. The van der Waals surface area contributed by atoms with Crippen molar-refractivity contribution in [2.24, 2.45) is 5.92 Å². The molecule has 2 N–H and O–H groups in total. The Labute approximate surface area is 110 Å². The molecule has 2 heterocycles. The topological polar surface area (TPSA) is 44.9 Å².